The highest BCUT2D eigenvalue weighted by Crippen LogP contribution is 2.43. The summed E-state index contributed by atoms with van der Waals surface area (Å²) in [5.41, 5.74) is 0. The maximum Gasteiger partial charge on any atom is 0.264 e. The second-order valence-electron chi connectivity index (χ2n) is 5.15. The first-order valence-corrected chi connectivity index (χ1v) is 7.59. The topological polar surface area (TPSA) is 112 Å². The third-order valence-electron chi connectivity index (χ3n) is 2.97. The lowest BCUT2D eigenvalue weighted by Gasteiger charge is -2.29. The number of hydrogen-bond donors (Lipinski definition) is 2. The molecule has 0 saturated carbocycles. The van der Waals surface area contributed by atoms with Crippen LogP contribution in [0.4, 0.5) is 0 Å². The first-order chi connectivity index (χ1) is 8.59. The molecule has 1 spiro atoms. The molecule has 2 fully saturated rings. The zero-order valence-electron chi connectivity index (χ0n) is 10.9. The average Bonchev–Trinajstić information content (AvgIpc) is 2.69. The van der Waals surface area contributed by atoms with E-state index in [1.165, 1.54) is 0 Å². The van der Waals surface area contributed by atoms with Crippen molar-refractivity contribution in [2.45, 2.75) is 43.7 Å². The summed E-state index contributed by atoms with van der Waals surface area (Å²) in [5, 5.41) is 19.1. The summed E-state index contributed by atoms with van der Waals surface area (Å²) in [7, 11) is -3.83. The van der Waals surface area contributed by atoms with E-state index in [-0.39, 0.29) is 6.61 Å². The Bertz CT molecular complexity index is 446. The van der Waals surface area contributed by atoms with Gasteiger partial charge in [0.1, 0.15) is 18.8 Å². The molecule has 2 heterocycles. The Labute approximate surface area is 111 Å². The van der Waals surface area contributed by atoms with Crippen molar-refractivity contribution < 1.29 is 37.0 Å². The molecule has 4 atom stereocenters. The maximum atomic E-state index is 11.3. The number of hydrogen-bond acceptors (Lipinski definition) is 8. The predicted molar refractivity (Wildman–Crippen MR) is 61.5 cm³/mol. The molecule has 2 rings (SSSR count). The van der Waals surface area contributed by atoms with Gasteiger partial charge in [0.25, 0.3) is 10.1 Å². The quantitative estimate of drug-likeness (QED) is 0.610. The summed E-state index contributed by atoms with van der Waals surface area (Å²) in [6, 6.07) is 0. The summed E-state index contributed by atoms with van der Waals surface area (Å²) < 4.78 is 43.7. The van der Waals surface area contributed by atoms with Gasteiger partial charge in [-0.1, -0.05) is 0 Å². The van der Waals surface area contributed by atoms with Gasteiger partial charge < -0.3 is 24.4 Å². The van der Waals surface area contributed by atoms with Crippen molar-refractivity contribution in [1.29, 1.82) is 0 Å². The highest BCUT2D eigenvalue weighted by Gasteiger charge is 2.63. The van der Waals surface area contributed by atoms with Gasteiger partial charge in [0.15, 0.2) is 11.9 Å². The van der Waals surface area contributed by atoms with E-state index in [1.54, 1.807) is 13.8 Å². The van der Waals surface area contributed by atoms with E-state index in [9.17, 15) is 13.5 Å². The molecule has 0 amide bonds. The third-order valence-corrected chi connectivity index (χ3v) is 3.53. The second-order valence-corrected chi connectivity index (χ2v) is 6.75. The Morgan fingerprint density at radius 3 is 2.47 bits per heavy atom. The Hall–Kier alpha value is -0.290. The van der Waals surface area contributed by atoms with Gasteiger partial charge in [-0.2, -0.15) is 8.42 Å². The molecule has 2 N–H and O–H groups in total. The van der Waals surface area contributed by atoms with Crippen LogP contribution < -0.4 is 0 Å². The van der Waals surface area contributed by atoms with Gasteiger partial charge in [-0.25, -0.2) is 0 Å². The minimum absolute atomic E-state index is 0.103. The average molecular weight is 298 g/mol. The highest BCUT2D eigenvalue weighted by atomic mass is 32.2. The number of aliphatic hydroxyl groups excluding tert-OH is 2. The lowest BCUT2D eigenvalue weighted by atomic mass is 10.1. The fourth-order valence-electron chi connectivity index (χ4n) is 2.26. The fraction of sp³-hybridized carbons (Fsp3) is 1.00. The van der Waals surface area contributed by atoms with E-state index < -0.39 is 46.6 Å². The summed E-state index contributed by atoms with van der Waals surface area (Å²) in [6.45, 7) is 2.66. The standard InChI is InChI=1S/C10H18O8S/c1-9(2)15-5-10(18-9)8(17-19(3,13)14)7(12)6(4-11)16-10/h6-8,11-12H,4-5H2,1-3H3/t6-,7+,8-,10+/m0/s1. The van der Waals surface area contributed by atoms with E-state index in [4.69, 9.17) is 23.5 Å². The highest BCUT2D eigenvalue weighted by molar-refractivity contribution is 7.86. The van der Waals surface area contributed by atoms with Crippen LogP contribution in [0.5, 0.6) is 0 Å². The number of ether oxygens (including phenoxy) is 3. The molecule has 2 aliphatic rings. The molecular formula is C10H18O8S. The van der Waals surface area contributed by atoms with Crippen molar-refractivity contribution in [2.24, 2.45) is 0 Å². The number of rotatable bonds is 3. The van der Waals surface area contributed by atoms with E-state index in [1.807, 2.05) is 0 Å². The van der Waals surface area contributed by atoms with Gasteiger partial charge in [-0.05, 0) is 13.8 Å². The lowest BCUT2D eigenvalue weighted by Crippen LogP contribution is -2.48. The normalized spacial score (nSPS) is 42.1. The zero-order valence-corrected chi connectivity index (χ0v) is 11.7. The summed E-state index contributed by atoms with van der Waals surface area (Å²) in [4.78, 5) is 0. The lowest BCUT2D eigenvalue weighted by molar-refractivity contribution is -0.266. The molecule has 2 saturated heterocycles. The van der Waals surface area contributed by atoms with Gasteiger partial charge >= 0.3 is 0 Å². The minimum atomic E-state index is -3.83. The monoisotopic (exact) mass is 298 g/mol. The molecule has 112 valence electrons. The van der Waals surface area contributed by atoms with Crippen molar-refractivity contribution >= 4 is 10.1 Å². The van der Waals surface area contributed by atoms with Crippen LogP contribution in [-0.2, 0) is 28.5 Å². The predicted octanol–water partition coefficient (Wildman–Crippen LogP) is -1.44. The third kappa shape index (κ3) is 2.92. The first-order valence-electron chi connectivity index (χ1n) is 5.78. The maximum absolute atomic E-state index is 11.3. The largest absolute Gasteiger partial charge is 0.394 e. The Morgan fingerprint density at radius 1 is 1.42 bits per heavy atom. The van der Waals surface area contributed by atoms with Crippen LogP contribution in [0.2, 0.25) is 0 Å². The van der Waals surface area contributed by atoms with Crippen LogP contribution in [0.15, 0.2) is 0 Å². The van der Waals surface area contributed by atoms with Crippen LogP contribution in [-0.4, -0.2) is 68.0 Å². The summed E-state index contributed by atoms with van der Waals surface area (Å²) >= 11 is 0. The molecule has 0 bridgehead atoms. The molecule has 0 aromatic rings. The van der Waals surface area contributed by atoms with Crippen molar-refractivity contribution in [3.63, 3.8) is 0 Å². The van der Waals surface area contributed by atoms with Crippen molar-refractivity contribution in [2.75, 3.05) is 19.5 Å². The SMILES string of the molecule is CC1(C)OC[C@@]2(O[C@@H](CO)[C@@H](O)[C@@H]2OS(C)(=O)=O)O1. The summed E-state index contributed by atoms with van der Waals surface area (Å²) in [6.07, 6.45) is -2.76. The molecule has 19 heavy (non-hydrogen) atoms. The van der Waals surface area contributed by atoms with E-state index in [2.05, 4.69) is 0 Å². The van der Waals surface area contributed by atoms with Crippen LogP contribution >= 0.6 is 0 Å². The van der Waals surface area contributed by atoms with Crippen LogP contribution in [0.1, 0.15) is 13.8 Å². The molecule has 0 unspecified atom stereocenters. The number of aliphatic hydroxyl groups is 2. The molecular weight excluding hydrogens is 280 g/mol. The summed E-state index contributed by atoms with van der Waals surface area (Å²) in [5.74, 6) is -2.54. The minimum Gasteiger partial charge on any atom is -0.394 e. The molecule has 0 aromatic heterocycles. The van der Waals surface area contributed by atoms with Crippen molar-refractivity contribution in [1.82, 2.24) is 0 Å². The first kappa shape index (κ1) is 15.1. The molecule has 0 aromatic carbocycles. The Balaban J connectivity index is 2.30. The van der Waals surface area contributed by atoms with E-state index in [0.717, 1.165) is 6.26 Å². The second kappa shape index (κ2) is 4.62. The van der Waals surface area contributed by atoms with Gasteiger partial charge in [0, 0.05) is 0 Å². The van der Waals surface area contributed by atoms with Gasteiger partial charge in [-0.15, -0.1) is 0 Å². The molecule has 0 aliphatic carbocycles. The van der Waals surface area contributed by atoms with Gasteiger partial charge in [0.2, 0.25) is 5.79 Å². The van der Waals surface area contributed by atoms with Gasteiger partial charge in [-0.3, -0.25) is 4.18 Å². The van der Waals surface area contributed by atoms with Crippen LogP contribution in [0.3, 0.4) is 0 Å². The molecule has 8 nitrogen and oxygen atoms in total. The van der Waals surface area contributed by atoms with Crippen molar-refractivity contribution in [3.8, 4) is 0 Å². The van der Waals surface area contributed by atoms with Gasteiger partial charge in [0.05, 0.1) is 12.9 Å². The Morgan fingerprint density at radius 2 is 2.05 bits per heavy atom. The van der Waals surface area contributed by atoms with E-state index in [0.29, 0.717) is 0 Å². The fourth-order valence-corrected chi connectivity index (χ4v) is 2.90. The molecule has 0 radical (unpaired) electrons. The smallest absolute Gasteiger partial charge is 0.264 e. The van der Waals surface area contributed by atoms with Crippen LogP contribution in [0.25, 0.3) is 0 Å². The molecule has 2 aliphatic heterocycles. The Kier molecular flexibility index (Phi) is 3.67. The van der Waals surface area contributed by atoms with Crippen molar-refractivity contribution in [3.05, 3.63) is 0 Å². The van der Waals surface area contributed by atoms with Crippen LogP contribution in [0, 0.1) is 0 Å². The molecule has 9 heteroatoms. The van der Waals surface area contributed by atoms with E-state index >= 15 is 0 Å². The zero-order chi connectivity index (χ0) is 14.5.